The molecule has 2 rings (SSSR count). The highest BCUT2D eigenvalue weighted by Gasteiger charge is 2.05. The van der Waals surface area contributed by atoms with E-state index in [9.17, 15) is 4.39 Å². The van der Waals surface area contributed by atoms with Crippen LogP contribution >= 0.6 is 0 Å². The van der Waals surface area contributed by atoms with Gasteiger partial charge < -0.3 is 10.6 Å². The van der Waals surface area contributed by atoms with Crippen molar-refractivity contribution in [1.29, 1.82) is 0 Å². The molecule has 3 heteroatoms. The quantitative estimate of drug-likeness (QED) is 0.891. The van der Waals surface area contributed by atoms with Crippen molar-refractivity contribution in [3.8, 4) is 0 Å². The molecule has 0 aliphatic rings. The Kier molecular flexibility index (Phi) is 4.53. The van der Waals surface area contributed by atoms with Crippen LogP contribution < -0.4 is 10.6 Å². The zero-order chi connectivity index (χ0) is 13.7. The van der Waals surface area contributed by atoms with E-state index in [0.29, 0.717) is 6.54 Å². The first-order chi connectivity index (χ1) is 9.22. The third-order valence-corrected chi connectivity index (χ3v) is 3.21. The Hall–Kier alpha value is -1.87. The summed E-state index contributed by atoms with van der Waals surface area (Å²) in [5.41, 5.74) is 8.98. The van der Waals surface area contributed by atoms with Crippen molar-refractivity contribution in [3.63, 3.8) is 0 Å². The van der Waals surface area contributed by atoms with Crippen molar-refractivity contribution in [3.05, 3.63) is 65.5 Å². The zero-order valence-corrected chi connectivity index (χ0v) is 11.1. The molecule has 0 bridgehead atoms. The van der Waals surface area contributed by atoms with E-state index in [4.69, 9.17) is 5.73 Å². The number of nitrogens with two attached hydrogens (primary N) is 1. The predicted molar refractivity (Wildman–Crippen MR) is 77.5 cm³/mol. The molecule has 0 aliphatic heterocycles. The fourth-order valence-corrected chi connectivity index (χ4v) is 2.04. The van der Waals surface area contributed by atoms with Crippen molar-refractivity contribution in [2.75, 3.05) is 11.4 Å². The first-order valence-corrected chi connectivity index (χ1v) is 6.51. The molecule has 0 aromatic heterocycles. The highest BCUT2D eigenvalue weighted by molar-refractivity contribution is 5.46. The van der Waals surface area contributed by atoms with Gasteiger partial charge in [-0.25, -0.2) is 4.39 Å². The predicted octanol–water partition coefficient (Wildman–Crippen LogP) is 3.31. The number of nitrogens with zero attached hydrogens (tertiary/aromatic N) is 1. The highest BCUT2D eigenvalue weighted by atomic mass is 19.1. The molecule has 2 nitrogen and oxygen atoms in total. The third-order valence-electron chi connectivity index (χ3n) is 3.21. The van der Waals surface area contributed by atoms with Gasteiger partial charge in [0.15, 0.2) is 0 Å². The van der Waals surface area contributed by atoms with E-state index in [1.807, 2.05) is 24.3 Å². The summed E-state index contributed by atoms with van der Waals surface area (Å²) in [6, 6.07) is 14.9. The van der Waals surface area contributed by atoms with Crippen LogP contribution in [0.15, 0.2) is 48.5 Å². The summed E-state index contributed by atoms with van der Waals surface area (Å²) in [6.07, 6.45) is 0. The summed E-state index contributed by atoms with van der Waals surface area (Å²) < 4.78 is 12.9. The van der Waals surface area contributed by atoms with Gasteiger partial charge in [0.2, 0.25) is 0 Å². The molecular formula is C16H19FN2. The second-order valence-corrected chi connectivity index (χ2v) is 4.51. The van der Waals surface area contributed by atoms with Crippen LogP contribution in [0.25, 0.3) is 0 Å². The molecule has 0 amide bonds. The van der Waals surface area contributed by atoms with Crippen LogP contribution in [-0.4, -0.2) is 6.54 Å². The van der Waals surface area contributed by atoms with Gasteiger partial charge in [-0.15, -0.1) is 0 Å². The fraction of sp³-hybridized carbons (Fsp3) is 0.250. The van der Waals surface area contributed by atoms with Gasteiger partial charge in [-0.05, 0) is 42.3 Å². The lowest BCUT2D eigenvalue weighted by molar-refractivity contribution is 0.627. The van der Waals surface area contributed by atoms with Crippen LogP contribution in [0.5, 0.6) is 0 Å². The van der Waals surface area contributed by atoms with E-state index < -0.39 is 0 Å². The Morgan fingerprint density at radius 1 is 0.947 bits per heavy atom. The van der Waals surface area contributed by atoms with Gasteiger partial charge in [-0.1, -0.05) is 24.3 Å². The van der Waals surface area contributed by atoms with E-state index in [0.717, 1.165) is 24.3 Å². The van der Waals surface area contributed by atoms with Gasteiger partial charge in [0.25, 0.3) is 0 Å². The summed E-state index contributed by atoms with van der Waals surface area (Å²) in [5.74, 6) is -0.202. The van der Waals surface area contributed by atoms with E-state index in [2.05, 4.69) is 24.0 Å². The van der Waals surface area contributed by atoms with Crippen molar-refractivity contribution < 1.29 is 4.39 Å². The van der Waals surface area contributed by atoms with Crippen LogP contribution in [0.4, 0.5) is 10.1 Å². The molecular weight excluding hydrogens is 239 g/mol. The number of anilines is 1. The summed E-state index contributed by atoms with van der Waals surface area (Å²) in [7, 11) is 0. The maximum absolute atomic E-state index is 12.9. The van der Waals surface area contributed by atoms with Crippen LogP contribution in [0.3, 0.4) is 0 Å². The van der Waals surface area contributed by atoms with E-state index in [-0.39, 0.29) is 5.82 Å². The largest absolute Gasteiger partial charge is 0.367 e. The van der Waals surface area contributed by atoms with Crippen LogP contribution in [0.2, 0.25) is 0 Å². The molecule has 0 saturated heterocycles. The summed E-state index contributed by atoms with van der Waals surface area (Å²) in [6.45, 7) is 4.35. The molecule has 2 N–H and O–H groups in total. The molecule has 0 unspecified atom stereocenters. The molecule has 0 spiro atoms. The summed E-state index contributed by atoms with van der Waals surface area (Å²) >= 11 is 0. The molecule has 0 fully saturated rings. The molecule has 0 radical (unpaired) electrons. The Balaban J connectivity index is 2.11. The molecule has 2 aromatic rings. The van der Waals surface area contributed by atoms with Crippen LogP contribution in [0.1, 0.15) is 18.1 Å². The molecule has 0 saturated carbocycles. The van der Waals surface area contributed by atoms with Gasteiger partial charge in [0.05, 0.1) is 0 Å². The molecule has 0 aliphatic carbocycles. The topological polar surface area (TPSA) is 29.3 Å². The SMILES string of the molecule is CCN(Cc1ccc(CN)cc1)c1ccc(F)cc1. The molecule has 0 heterocycles. The van der Waals surface area contributed by atoms with Gasteiger partial charge in [0.1, 0.15) is 5.82 Å². The van der Waals surface area contributed by atoms with Crippen LogP contribution in [0, 0.1) is 5.82 Å². The van der Waals surface area contributed by atoms with Gasteiger partial charge >= 0.3 is 0 Å². The minimum atomic E-state index is -0.202. The molecule has 2 aromatic carbocycles. The minimum Gasteiger partial charge on any atom is -0.367 e. The standard InChI is InChI=1S/C16H19FN2/c1-2-19(16-9-7-15(17)8-10-16)12-14-5-3-13(11-18)4-6-14/h3-10H,2,11-12,18H2,1H3. The molecule has 19 heavy (non-hydrogen) atoms. The monoisotopic (exact) mass is 258 g/mol. The first kappa shape index (κ1) is 13.6. The summed E-state index contributed by atoms with van der Waals surface area (Å²) in [4.78, 5) is 2.21. The molecule has 100 valence electrons. The fourth-order valence-electron chi connectivity index (χ4n) is 2.04. The number of halogens is 1. The van der Waals surface area contributed by atoms with Gasteiger partial charge in [0, 0.05) is 25.3 Å². The lowest BCUT2D eigenvalue weighted by Crippen LogP contribution is -2.21. The van der Waals surface area contributed by atoms with E-state index in [1.165, 1.54) is 17.7 Å². The third kappa shape index (κ3) is 3.55. The van der Waals surface area contributed by atoms with Crippen molar-refractivity contribution >= 4 is 5.69 Å². The smallest absolute Gasteiger partial charge is 0.123 e. The molecule has 0 atom stereocenters. The Morgan fingerprint density at radius 2 is 1.53 bits per heavy atom. The van der Waals surface area contributed by atoms with E-state index in [1.54, 1.807) is 0 Å². The summed E-state index contributed by atoms with van der Waals surface area (Å²) in [5, 5.41) is 0. The number of benzene rings is 2. The lowest BCUT2D eigenvalue weighted by Gasteiger charge is -2.23. The zero-order valence-electron chi connectivity index (χ0n) is 11.1. The van der Waals surface area contributed by atoms with Crippen molar-refractivity contribution in [2.45, 2.75) is 20.0 Å². The Bertz CT molecular complexity index is 505. The van der Waals surface area contributed by atoms with Crippen LogP contribution in [-0.2, 0) is 13.1 Å². The number of hydrogen-bond donors (Lipinski definition) is 1. The normalized spacial score (nSPS) is 10.5. The average Bonchev–Trinajstić information content (AvgIpc) is 2.46. The minimum absolute atomic E-state index is 0.202. The van der Waals surface area contributed by atoms with Gasteiger partial charge in [-0.2, -0.15) is 0 Å². The number of hydrogen-bond acceptors (Lipinski definition) is 2. The highest BCUT2D eigenvalue weighted by Crippen LogP contribution is 2.17. The van der Waals surface area contributed by atoms with Crippen molar-refractivity contribution in [1.82, 2.24) is 0 Å². The maximum Gasteiger partial charge on any atom is 0.123 e. The lowest BCUT2D eigenvalue weighted by atomic mass is 10.1. The maximum atomic E-state index is 12.9. The second kappa shape index (κ2) is 6.34. The second-order valence-electron chi connectivity index (χ2n) is 4.51. The van der Waals surface area contributed by atoms with Gasteiger partial charge in [-0.3, -0.25) is 0 Å². The average molecular weight is 258 g/mol. The Morgan fingerprint density at radius 3 is 2.05 bits per heavy atom. The Labute approximate surface area is 113 Å². The first-order valence-electron chi connectivity index (χ1n) is 6.51. The van der Waals surface area contributed by atoms with E-state index >= 15 is 0 Å². The number of rotatable bonds is 5. The van der Waals surface area contributed by atoms with Crippen molar-refractivity contribution in [2.24, 2.45) is 5.73 Å².